The molecule has 3 rings (SSSR count). The predicted molar refractivity (Wildman–Crippen MR) is 104 cm³/mol. The summed E-state index contributed by atoms with van der Waals surface area (Å²) in [6.45, 7) is 1.50. The molecule has 7 nitrogen and oxygen atoms in total. The lowest BCUT2D eigenvalue weighted by Crippen LogP contribution is -2.34. The van der Waals surface area contributed by atoms with Crippen LogP contribution in [0.1, 0.15) is 28.9 Å². The van der Waals surface area contributed by atoms with Crippen molar-refractivity contribution < 1.29 is 19.5 Å². The average Bonchev–Trinajstić information content (AvgIpc) is 2.96. The number of aliphatic hydroxyl groups excluding tert-OH is 1. The number of hydrogen-bond donors (Lipinski definition) is 3. The van der Waals surface area contributed by atoms with E-state index in [0.717, 1.165) is 10.5 Å². The van der Waals surface area contributed by atoms with Gasteiger partial charge in [0.25, 0.3) is 17.7 Å². The van der Waals surface area contributed by atoms with Crippen LogP contribution in [-0.2, 0) is 9.59 Å². The van der Waals surface area contributed by atoms with E-state index in [1.807, 2.05) is 37.3 Å². The lowest BCUT2D eigenvalue weighted by atomic mass is 10.1. The minimum Gasteiger partial charge on any atom is -0.395 e. The van der Waals surface area contributed by atoms with Crippen LogP contribution in [0, 0.1) is 0 Å². The van der Waals surface area contributed by atoms with Gasteiger partial charge in [0.1, 0.15) is 5.70 Å². The highest BCUT2D eigenvalue weighted by Crippen LogP contribution is 2.22. The summed E-state index contributed by atoms with van der Waals surface area (Å²) in [5.41, 5.74) is 1.81. The summed E-state index contributed by atoms with van der Waals surface area (Å²) in [5.74, 6) is -1.34. The van der Waals surface area contributed by atoms with Crippen LogP contribution in [0.3, 0.4) is 0 Å². The van der Waals surface area contributed by atoms with Crippen molar-refractivity contribution >= 4 is 23.4 Å². The zero-order valence-electron chi connectivity index (χ0n) is 15.4. The van der Waals surface area contributed by atoms with Crippen molar-refractivity contribution in [3.8, 4) is 0 Å². The fourth-order valence-corrected chi connectivity index (χ4v) is 2.94. The second kappa shape index (κ2) is 8.49. The molecule has 0 aliphatic carbocycles. The van der Waals surface area contributed by atoms with Crippen LogP contribution in [-0.4, -0.2) is 40.9 Å². The Morgan fingerprint density at radius 3 is 2.46 bits per heavy atom. The lowest BCUT2D eigenvalue weighted by Gasteiger charge is -2.17. The number of anilines is 1. The maximum Gasteiger partial charge on any atom is 0.277 e. The molecule has 144 valence electrons. The minimum absolute atomic E-state index is 0.0646. The van der Waals surface area contributed by atoms with Crippen molar-refractivity contribution in [2.24, 2.45) is 0 Å². The fourth-order valence-electron chi connectivity index (χ4n) is 2.94. The van der Waals surface area contributed by atoms with Gasteiger partial charge in [0.2, 0.25) is 0 Å². The topological polar surface area (TPSA) is 98.7 Å². The minimum atomic E-state index is -0.535. The van der Waals surface area contributed by atoms with Gasteiger partial charge in [0.05, 0.1) is 30.4 Å². The lowest BCUT2D eigenvalue weighted by molar-refractivity contribution is -0.137. The molecule has 2 aromatic carbocycles. The Morgan fingerprint density at radius 2 is 1.75 bits per heavy atom. The number of aliphatic hydroxyl groups is 1. The number of imide groups is 1. The van der Waals surface area contributed by atoms with Gasteiger partial charge < -0.3 is 15.7 Å². The standard InChI is InChI=1S/C21H21N3O4/c1-14(15-7-3-2-4-8-15)22-20(27)16-9-5-6-10-17(16)23-18-13-19(26)24(11-12-25)21(18)28/h2-10,13-14,23,25H,11-12H2,1H3,(H,22,27). The van der Waals surface area contributed by atoms with Crippen molar-refractivity contribution in [1.29, 1.82) is 0 Å². The normalized spacial score (nSPS) is 14.6. The molecule has 1 heterocycles. The quantitative estimate of drug-likeness (QED) is 0.638. The number of benzene rings is 2. The van der Waals surface area contributed by atoms with Gasteiger partial charge in [-0.25, -0.2) is 0 Å². The Bertz CT molecular complexity index is 924. The maximum atomic E-state index is 12.8. The Morgan fingerprint density at radius 1 is 1.07 bits per heavy atom. The molecule has 3 N–H and O–H groups in total. The van der Waals surface area contributed by atoms with Gasteiger partial charge in [-0.3, -0.25) is 19.3 Å². The first-order chi connectivity index (χ1) is 13.5. The number of amides is 3. The summed E-state index contributed by atoms with van der Waals surface area (Å²) in [6.07, 6.45) is 1.17. The van der Waals surface area contributed by atoms with Gasteiger partial charge >= 0.3 is 0 Å². The molecular weight excluding hydrogens is 358 g/mol. The Balaban J connectivity index is 1.76. The smallest absolute Gasteiger partial charge is 0.277 e. The molecule has 1 atom stereocenters. The van der Waals surface area contributed by atoms with Crippen LogP contribution >= 0.6 is 0 Å². The summed E-state index contributed by atoms with van der Waals surface area (Å²) in [5, 5.41) is 14.8. The van der Waals surface area contributed by atoms with E-state index in [4.69, 9.17) is 5.11 Å². The van der Waals surface area contributed by atoms with Crippen LogP contribution in [0.4, 0.5) is 5.69 Å². The molecule has 3 amide bonds. The van der Waals surface area contributed by atoms with Gasteiger partial charge in [-0.15, -0.1) is 0 Å². The molecule has 0 saturated heterocycles. The summed E-state index contributed by atoms with van der Waals surface area (Å²) in [4.78, 5) is 37.9. The number of rotatable bonds is 7. The second-order valence-corrected chi connectivity index (χ2v) is 6.35. The molecule has 1 aliphatic rings. The second-order valence-electron chi connectivity index (χ2n) is 6.35. The van der Waals surface area contributed by atoms with Crippen LogP contribution in [0.25, 0.3) is 0 Å². The van der Waals surface area contributed by atoms with Gasteiger partial charge in [0.15, 0.2) is 0 Å². The van der Waals surface area contributed by atoms with Gasteiger partial charge in [-0.2, -0.15) is 0 Å². The van der Waals surface area contributed by atoms with Crippen molar-refractivity contribution in [2.45, 2.75) is 13.0 Å². The Labute approximate surface area is 162 Å². The summed E-state index contributed by atoms with van der Waals surface area (Å²) >= 11 is 0. The zero-order valence-corrected chi connectivity index (χ0v) is 15.4. The van der Waals surface area contributed by atoms with E-state index in [-0.39, 0.29) is 30.8 Å². The molecule has 0 bridgehead atoms. The first kappa shape index (κ1) is 19.3. The Kier molecular flexibility index (Phi) is 5.86. The highest BCUT2D eigenvalue weighted by molar-refractivity contribution is 6.17. The van der Waals surface area contributed by atoms with Crippen LogP contribution in [0.2, 0.25) is 0 Å². The van der Waals surface area contributed by atoms with Crippen molar-refractivity contribution in [2.75, 3.05) is 18.5 Å². The SMILES string of the molecule is CC(NC(=O)c1ccccc1NC1=CC(=O)N(CCO)C1=O)c1ccccc1. The van der Waals surface area contributed by atoms with E-state index in [0.29, 0.717) is 11.3 Å². The summed E-state index contributed by atoms with van der Waals surface area (Å²) in [7, 11) is 0. The number of β-amino-alcohol motifs (C(OH)–C–C–N with tert-alkyl or cyclic N) is 1. The molecule has 0 fully saturated rings. The van der Waals surface area contributed by atoms with Gasteiger partial charge in [-0.1, -0.05) is 42.5 Å². The van der Waals surface area contributed by atoms with E-state index >= 15 is 0 Å². The van der Waals surface area contributed by atoms with Crippen LogP contribution in [0.15, 0.2) is 66.4 Å². The number of nitrogens with one attached hydrogen (secondary N) is 2. The fraction of sp³-hybridized carbons (Fsp3) is 0.190. The van der Waals surface area contributed by atoms with Crippen molar-refractivity contribution in [3.63, 3.8) is 0 Å². The van der Waals surface area contributed by atoms with E-state index in [2.05, 4.69) is 10.6 Å². The average molecular weight is 379 g/mol. The third-order valence-electron chi connectivity index (χ3n) is 4.42. The Hall–Kier alpha value is -3.45. The predicted octanol–water partition coefficient (Wildman–Crippen LogP) is 1.83. The molecule has 0 radical (unpaired) electrons. The number of nitrogens with zero attached hydrogens (tertiary/aromatic N) is 1. The van der Waals surface area contributed by atoms with E-state index in [1.54, 1.807) is 24.3 Å². The number of carbonyl (C=O) groups excluding carboxylic acids is 3. The van der Waals surface area contributed by atoms with E-state index < -0.39 is 11.8 Å². The summed E-state index contributed by atoms with van der Waals surface area (Å²) < 4.78 is 0. The van der Waals surface area contributed by atoms with Crippen LogP contribution < -0.4 is 10.6 Å². The molecular formula is C21H21N3O4. The van der Waals surface area contributed by atoms with Crippen molar-refractivity contribution in [3.05, 3.63) is 77.5 Å². The molecule has 7 heteroatoms. The van der Waals surface area contributed by atoms with Gasteiger partial charge in [-0.05, 0) is 24.6 Å². The molecule has 0 spiro atoms. The molecule has 0 saturated carbocycles. The third kappa shape index (κ3) is 4.10. The largest absolute Gasteiger partial charge is 0.395 e. The summed E-state index contributed by atoms with van der Waals surface area (Å²) in [6, 6.07) is 16.1. The van der Waals surface area contributed by atoms with Gasteiger partial charge in [0, 0.05) is 6.08 Å². The monoisotopic (exact) mass is 379 g/mol. The van der Waals surface area contributed by atoms with E-state index in [1.165, 1.54) is 6.08 Å². The van der Waals surface area contributed by atoms with Crippen LogP contribution in [0.5, 0.6) is 0 Å². The highest BCUT2D eigenvalue weighted by atomic mass is 16.3. The number of para-hydroxylation sites is 1. The highest BCUT2D eigenvalue weighted by Gasteiger charge is 2.31. The molecule has 0 aromatic heterocycles. The third-order valence-corrected chi connectivity index (χ3v) is 4.42. The zero-order chi connectivity index (χ0) is 20.1. The first-order valence-electron chi connectivity index (χ1n) is 8.91. The molecule has 2 aromatic rings. The number of hydrogen-bond acceptors (Lipinski definition) is 5. The molecule has 1 unspecified atom stereocenters. The van der Waals surface area contributed by atoms with E-state index in [9.17, 15) is 14.4 Å². The maximum absolute atomic E-state index is 12.8. The van der Waals surface area contributed by atoms with Crippen molar-refractivity contribution in [1.82, 2.24) is 10.2 Å². The first-order valence-corrected chi connectivity index (χ1v) is 8.91. The molecule has 28 heavy (non-hydrogen) atoms. The number of carbonyl (C=O) groups is 3. The molecule has 1 aliphatic heterocycles.